The molecule has 0 bridgehead atoms. The van der Waals surface area contributed by atoms with Gasteiger partial charge >= 0.3 is 5.69 Å². The fourth-order valence-electron chi connectivity index (χ4n) is 2.75. The minimum absolute atomic E-state index is 0.0871. The standard InChI is InChI=1S/C17H19N3O2S/c1-11-6-2-4-8-13(11)18-15(21)10-23-16-12-7-3-5-9-14(12)19-17(22)20-16/h2,4,6,8H,3,5,7,9-10H2,1H3,(H,18,21)(H,19,20,22). The molecule has 0 fully saturated rings. The third kappa shape index (κ3) is 3.82. The number of benzene rings is 1. The Morgan fingerprint density at radius 2 is 2.09 bits per heavy atom. The predicted molar refractivity (Wildman–Crippen MR) is 92.0 cm³/mol. The Morgan fingerprint density at radius 3 is 2.91 bits per heavy atom. The molecule has 3 rings (SSSR count). The van der Waals surface area contributed by atoms with Gasteiger partial charge in [0, 0.05) is 16.9 Å². The Bertz CT molecular complexity index is 786. The van der Waals surface area contributed by atoms with Crippen LogP contribution in [0.15, 0.2) is 34.1 Å². The second kappa shape index (κ2) is 7.00. The first-order valence-corrected chi connectivity index (χ1v) is 8.72. The number of nitrogens with one attached hydrogen (secondary N) is 2. The highest BCUT2D eigenvalue weighted by Crippen LogP contribution is 2.27. The molecule has 1 amide bonds. The largest absolute Gasteiger partial charge is 0.346 e. The smallest absolute Gasteiger partial charge is 0.325 e. The molecule has 120 valence electrons. The van der Waals surface area contributed by atoms with E-state index in [0.29, 0.717) is 5.03 Å². The highest BCUT2D eigenvalue weighted by Gasteiger charge is 2.17. The number of H-pyrrole nitrogens is 1. The number of nitrogens with zero attached hydrogens (tertiary/aromatic N) is 1. The molecular formula is C17H19N3O2S. The summed E-state index contributed by atoms with van der Waals surface area (Å²) in [7, 11) is 0. The Labute approximate surface area is 138 Å². The third-order valence-electron chi connectivity index (χ3n) is 3.95. The number of aryl methyl sites for hydroxylation is 2. The molecule has 0 saturated heterocycles. The molecular weight excluding hydrogens is 310 g/mol. The number of rotatable bonds is 4. The van der Waals surface area contributed by atoms with Crippen LogP contribution >= 0.6 is 11.8 Å². The van der Waals surface area contributed by atoms with Gasteiger partial charge in [-0.05, 0) is 44.2 Å². The van der Waals surface area contributed by atoms with Crippen LogP contribution in [0.5, 0.6) is 0 Å². The van der Waals surface area contributed by atoms with Crippen LogP contribution in [0.1, 0.15) is 29.7 Å². The van der Waals surface area contributed by atoms with Gasteiger partial charge in [-0.2, -0.15) is 4.98 Å². The van der Waals surface area contributed by atoms with Gasteiger partial charge in [-0.1, -0.05) is 30.0 Å². The second-order valence-corrected chi connectivity index (χ2v) is 6.63. The van der Waals surface area contributed by atoms with E-state index in [1.54, 1.807) is 0 Å². The summed E-state index contributed by atoms with van der Waals surface area (Å²) in [5.41, 5.74) is 3.60. The first-order chi connectivity index (χ1) is 11.1. The van der Waals surface area contributed by atoms with Gasteiger partial charge in [-0.25, -0.2) is 4.79 Å². The number of thioether (sulfide) groups is 1. The minimum atomic E-state index is -0.326. The summed E-state index contributed by atoms with van der Waals surface area (Å²) in [6, 6.07) is 7.67. The predicted octanol–water partition coefficient (Wildman–Crippen LogP) is 2.69. The summed E-state index contributed by atoms with van der Waals surface area (Å²) >= 11 is 1.34. The molecule has 2 aromatic rings. The zero-order valence-corrected chi connectivity index (χ0v) is 13.8. The number of para-hydroxylation sites is 1. The molecule has 1 aromatic carbocycles. The van der Waals surface area contributed by atoms with E-state index in [9.17, 15) is 9.59 Å². The summed E-state index contributed by atoms with van der Waals surface area (Å²) in [5.74, 6) is 0.160. The number of aromatic amines is 1. The van der Waals surface area contributed by atoms with Gasteiger partial charge in [0.1, 0.15) is 5.03 Å². The molecule has 1 aliphatic rings. The Balaban J connectivity index is 1.69. The van der Waals surface area contributed by atoms with Crippen molar-refractivity contribution >= 4 is 23.4 Å². The van der Waals surface area contributed by atoms with Crippen LogP contribution in [0.25, 0.3) is 0 Å². The lowest BCUT2D eigenvalue weighted by Gasteiger charge is -2.17. The summed E-state index contributed by atoms with van der Waals surface area (Å²) in [5, 5.41) is 3.60. The highest BCUT2D eigenvalue weighted by molar-refractivity contribution is 8.00. The van der Waals surface area contributed by atoms with Crippen LogP contribution in [0.4, 0.5) is 5.69 Å². The van der Waals surface area contributed by atoms with E-state index >= 15 is 0 Å². The van der Waals surface area contributed by atoms with E-state index in [1.807, 2.05) is 31.2 Å². The van der Waals surface area contributed by atoms with Crippen molar-refractivity contribution in [2.24, 2.45) is 0 Å². The lowest BCUT2D eigenvalue weighted by molar-refractivity contribution is -0.113. The summed E-state index contributed by atoms with van der Waals surface area (Å²) in [4.78, 5) is 30.7. The Morgan fingerprint density at radius 1 is 1.30 bits per heavy atom. The molecule has 0 aliphatic heterocycles. The maximum absolute atomic E-state index is 12.1. The van der Waals surface area contributed by atoms with E-state index < -0.39 is 0 Å². The van der Waals surface area contributed by atoms with Crippen LogP contribution in [0.2, 0.25) is 0 Å². The van der Waals surface area contributed by atoms with E-state index in [-0.39, 0.29) is 17.3 Å². The van der Waals surface area contributed by atoms with Crippen molar-refractivity contribution < 1.29 is 4.79 Å². The summed E-state index contributed by atoms with van der Waals surface area (Å²) < 4.78 is 0. The normalized spacial score (nSPS) is 13.4. The van der Waals surface area contributed by atoms with Crippen molar-refractivity contribution in [3.05, 3.63) is 51.6 Å². The molecule has 6 heteroatoms. The van der Waals surface area contributed by atoms with Crippen LogP contribution in [-0.2, 0) is 17.6 Å². The van der Waals surface area contributed by atoms with E-state index in [1.165, 1.54) is 11.8 Å². The number of fused-ring (bicyclic) bond motifs is 1. The lowest BCUT2D eigenvalue weighted by atomic mass is 9.98. The number of hydrogen-bond donors (Lipinski definition) is 2. The molecule has 0 spiro atoms. The summed E-state index contributed by atoms with van der Waals surface area (Å²) in [6.45, 7) is 1.96. The van der Waals surface area contributed by atoms with Crippen molar-refractivity contribution in [2.75, 3.05) is 11.1 Å². The van der Waals surface area contributed by atoms with Crippen molar-refractivity contribution in [3.63, 3.8) is 0 Å². The molecule has 0 atom stereocenters. The zero-order valence-electron chi connectivity index (χ0n) is 13.0. The average molecular weight is 329 g/mol. The number of amides is 1. The van der Waals surface area contributed by atoms with Crippen LogP contribution in [-0.4, -0.2) is 21.6 Å². The first-order valence-electron chi connectivity index (χ1n) is 7.74. The average Bonchev–Trinajstić information content (AvgIpc) is 2.54. The monoisotopic (exact) mass is 329 g/mol. The maximum Gasteiger partial charge on any atom is 0.346 e. The van der Waals surface area contributed by atoms with Crippen molar-refractivity contribution in [3.8, 4) is 0 Å². The van der Waals surface area contributed by atoms with Gasteiger partial charge in [-0.15, -0.1) is 0 Å². The van der Waals surface area contributed by atoms with Crippen LogP contribution < -0.4 is 11.0 Å². The molecule has 23 heavy (non-hydrogen) atoms. The van der Waals surface area contributed by atoms with E-state index in [4.69, 9.17) is 0 Å². The molecule has 1 aromatic heterocycles. The fourth-order valence-corrected chi connectivity index (χ4v) is 3.64. The molecule has 1 heterocycles. The maximum atomic E-state index is 12.1. The molecule has 0 unspecified atom stereocenters. The van der Waals surface area contributed by atoms with Crippen molar-refractivity contribution in [1.82, 2.24) is 9.97 Å². The van der Waals surface area contributed by atoms with Crippen LogP contribution in [0, 0.1) is 6.92 Å². The number of carbonyl (C=O) groups excluding carboxylic acids is 1. The molecule has 1 aliphatic carbocycles. The van der Waals surface area contributed by atoms with E-state index in [0.717, 1.165) is 48.2 Å². The molecule has 0 saturated carbocycles. The van der Waals surface area contributed by atoms with Gasteiger partial charge < -0.3 is 10.3 Å². The Hall–Kier alpha value is -2.08. The number of anilines is 1. The third-order valence-corrected chi connectivity index (χ3v) is 4.96. The van der Waals surface area contributed by atoms with Gasteiger partial charge in [0.05, 0.1) is 5.75 Å². The minimum Gasteiger partial charge on any atom is -0.325 e. The Kier molecular flexibility index (Phi) is 4.81. The number of carbonyl (C=O) groups is 1. The number of hydrogen-bond acceptors (Lipinski definition) is 4. The van der Waals surface area contributed by atoms with Gasteiger partial charge in [0.15, 0.2) is 0 Å². The molecule has 0 radical (unpaired) electrons. The second-order valence-electron chi connectivity index (χ2n) is 5.66. The van der Waals surface area contributed by atoms with Crippen LogP contribution in [0.3, 0.4) is 0 Å². The molecule has 5 nitrogen and oxygen atoms in total. The van der Waals surface area contributed by atoms with Gasteiger partial charge in [0.25, 0.3) is 0 Å². The fraction of sp³-hybridized carbons (Fsp3) is 0.353. The van der Waals surface area contributed by atoms with Crippen molar-refractivity contribution in [1.29, 1.82) is 0 Å². The first kappa shape index (κ1) is 15.8. The van der Waals surface area contributed by atoms with Gasteiger partial charge in [0.2, 0.25) is 5.91 Å². The quantitative estimate of drug-likeness (QED) is 0.668. The summed E-state index contributed by atoms with van der Waals surface area (Å²) in [6.07, 6.45) is 3.99. The van der Waals surface area contributed by atoms with Crippen molar-refractivity contribution in [2.45, 2.75) is 37.6 Å². The highest BCUT2D eigenvalue weighted by atomic mass is 32.2. The SMILES string of the molecule is Cc1ccccc1NC(=O)CSc1nc(=O)[nH]c2c1CCCC2. The zero-order chi connectivity index (χ0) is 16.2. The molecule has 2 N–H and O–H groups in total. The lowest BCUT2D eigenvalue weighted by Crippen LogP contribution is -2.21. The van der Waals surface area contributed by atoms with E-state index in [2.05, 4.69) is 15.3 Å². The van der Waals surface area contributed by atoms with Gasteiger partial charge in [-0.3, -0.25) is 4.79 Å². The number of aromatic nitrogens is 2. The topological polar surface area (TPSA) is 74.8 Å².